The Morgan fingerprint density at radius 1 is 1.07 bits per heavy atom. The van der Waals surface area contributed by atoms with Crippen LogP contribution in [0.2, 0.25) is 0 Å². The van der Waals surface area contributed by atoms with Gasteiger partial charge in [0.15, 0.2) is 0 Å². The molecule has 3 heteroatoms. The molecule has 0 saturated carbocycles. The molecule has 88 valence electrons. The first-order valence-corrected chi connectivity index (χ1v) is 6.36. The van der Waals surface area contributed by atoms with E-state index in [9.17, 15) is 5.11 Å². The minimum absolute atomic E-state index is 0.152. The second kappa shape index (κ2) is 4.81. The summed E-state index contributed by atoms with van der Waals surface area (Å²) >= 11 is 0. The van der Waals surface area contributed by atoms with Gasteiger partial charge in [-0.2, -0.15) is 0 Å². The number of likely N-dealkylation sites (tertiary alicyclic amines) is 2. The lowest BCUT2D eigenvalue weighted by Gasteiger charge is -2.39. The Labute approximate surface area is 93.1 Å². The van der Waals surface area contributed by atoms with Crippen LogP contribution in [0, 0.1) is 0 Å². The molecule has 2 aliphatic heterocycles. The summed E-state index contributed by atoms with van der Waals surface area (Å²) in [6, 6.07) is 1.31. The van der Waals surface area contributed by atoms with Gasteiger partial charge in [0.05, 0.1) is 0 Å². The lowest BCUT2D eigenvalue weighted by molar-refractivity contribution is -0.0137. The third-order valence-electron chi connectivity index (χ3n) is 3.96. The minimum atomic E-state index is -0.152. The summed E-state index contributed by atoms with van der Waals surface area (Å²) in [6.07, 6.45) is 4.46. The highest BCUT2D eigenvalue weighted by Crippen LogP contribution is 2.25. The summed E-state index contributed by atoms with van der Waals surface area (Å²) < 4.78 is 0. The first kappa shape index (κ1) is 11.4. The Bertz CT molecular complexity index is 200. The second-order valence-corrected chi connectivity index (χ2v) is 5.22. The number of aliphatic hydroxyl groups is 1. The van der Waals surface area contributed by atoms with Crippen molar-refractivity contribution in [3.63, 3.8) is 0 Å². The number of hydrogen-bond acceptors (Lipinski definition) is 3. The molecule has 1 unspecified atom stereocenters. The molecule has 0 bridgehead atoms. The van der Waals surface area contributed by atoms with Gasteiger partial charge in [0.2, 0.25) is 0 Å². The fourth-order valence-electron chi connectivity index (χ4n) is 2.93. The van der Waals surface area contributed by atoms with E-state index < -0.39 is 0 Å². The molecule has 2 fully saturated rings. The smallest absolute Gasteiger partial charge is 0.107 e. The molecule has 0 aromatic rings. The molecule has 0 aromatic carbocycles. The van der Waals surface area contributed by atoms with Crippen LogP contribution in [0.1, 0.15) is 39.5 Å². The van der Waals surface area contributed by atoms with Crippen LogP contribution in [-0.4, -0.2) is 52.9 Å². The normalized spacial score (nSPS) is 31.6. The van der Waals surface area contributed by atoms with E-state index in [-0.39, 0.29) is 6.23 Å². The number of aliphatic hydroxyl groups excluding tert-OH is 1. The SMILES string of the molecule is CC(C)N1CCC(N2CCCC2O)CC1. The van der Waals surface area contributed by atoms with E-state index in [0.29, 0.717) is 12.1 Å². The molecule has 3 nitrogen and oxygen atoms in total. The van der Waals surface area contributed by atoms with Crippen molar-refractivity contribution in [2.75, 3.05) is 19.6 Å². The Balaban J connectivity index is 1.82. The van der Waals surface area contributed by atoms with E-state index in [0.717, 1.165) is 13.0 Å². The minimum Gasteiger partial charge on any atom is -0.378 e. The quantitative estimate of drug-likeness (QED) is 0.747. The Morgan fingerprint density at radius 3 is 2.20 bits per heavy atom. The third-order valence-corrected chi connectivity index (χ3v) is 3.96. The standard InChI is InChI=1S/C12H24N2O/c1-10(2)13-8-5-11(6-9-13)14-7-3-4-12(14)15/h10-12,15H,3-9H2,1-2H3. The van der Waals surface area contributed by atoms with Crippen molar-refractivity contribution in [2.45, 2.75) is 57.8 Å². The maximum atomic E-state index is 9.83. The summed E-state index contributed by atoms with van der Waals surface area (Å²) in [6.45, 7) is 8.04. The van der Waals surface area contributed by atoms with E-state index in [1.165, 1.54) is 32.4 Å². The summed E-state index contributed by atoms with van der Waals surface area (Å²) in [5, 5.41) is 9.83. The molecule has 15 heavy (non-hydrogen) atoms. The van der Waals surface area contributed by atoms with Crippen LogP contribution in [0.15, 0.2) is 0 Å². The summed E-state index contributed by atoms with van der Waals surface area (Å²) in [7, 11) is 0. The van der Waals surface area contributed by atoms with Crippen LogP contribution in [0.4, 0.5) is 0 Å². The van der Waals surface area contributed by atoms with E-state index in [2.05, 4.69) is 23.6 Å². The van der Waals surface area contributed by atoms with E-state index in [1.807, 2.05) is 0 Å². The molecule has 2 heterocycles. The topological polar surface area (TPSA) is 26.7 Å². The zero-order valence-electron chi connectivity index (χ0n) is 10.0. The van der Waals surface area contributed by atoms with Crippen molar-refractivity contribution < 1.29 is 5.11 Å². The van der Waals surface area contributed by atoms with Gasteiger partial charge in [-0.25, -0.2) is 0 Å². The van der Waals surface area contributed by atoms with Crippen molar-refractivity contribution in [1.29, 1.82) is 0 Å². The van der Waals surface area contributed by atoms with Gasteiger partial charge in [0.1, 0.15) is 6.23 Å². The van der Waals surface area contributed by atoms with Crippen molar-refractivity contribution in [2.24, 2.45) is 0 Å². The zero-order valence-corrected chi connectivity index (χ0v) is 10.0. The van der Waals surface area contributed by atoms with Crippen LogP contribution in [0.25, 0.3) is 0 Å². The van der Waals surface area contributed by atoms with Crippen molar-refractivity contribution in [3.05, 3.63) is 0 Å². The van der Waals surface area contributed by atoms with Crippen molar-refractivity contribution in [3.8, 4) is 0 Å². The first-order chi connectivity index (χ1) is 7.18. The van der Waals surface area contributed by atoms with Crippen molar-refractivity contribution in [1.82, 2.24) is 9.80 Å². The molecule has 1 N–H and O–H groups in total. The van der Waals surface area contributed by atoms with E-state index in [4.69, 9.17) is 0 Å². The lowest BCUT2D eigenvalue weighted by atomic mass is 10.0. The highest BCUT2D eigenvalue weighted by Gasteiger charge is 2.31. The highest BCUT2D eigenvalue weighted by molar-refractivity contribution is 4.84. The van der Waals surface area contributed by atoms with Gasteiger partial charge in [-0.3, -0.25) is 4.90 Å². The maximum Gasteiger partial charge on any atom is 0.107 e. The molecule has 2 rings (SSSR count). The van der Waals surface area contributed by atoms with Gasteiger partial charge in [-0.05, 0) is 52.6 Å². The number of rotatable bonds is 2. The molecule has 2 aliphatic rings. The van der Waals surface area contributed by atoms with Crippen molar-refractivity contribution >= 4 is 0 Å². The fraction of sp³-hybridized carbons (Fsp3) is 1.00. The largest absolute Gasteiger partial charge is 0.378 e. The molecule has 0 aromatic heterocycles. The molecule has 1 atom stereocenters. The van der Waals surface area contributed by atoms with Crippen LogP contribution in [-0.2, 0) is 0 Å². The molecule has 0 amide bonds. The van der Waals surface area contributed by atoms with E-state index >= 15 is 0 Å². The van der Waals surface area contributed by atoms with Gasteiger partial charge in [-0.15, -0.1) is 0 Å². The lowest BCUT2D eigenvalue weighted by Crippen LogP contribution is -2.48. The maximum absolute atomic E-state index is 9.83. The molecule has 2 saturated heterocycles. The molecular formula is C12H24N2O. The predicted molar refractivity (Wildman–Crippen MR) is 61.7 cm³/mol. The number of piperidine rings is 1. The summed E-state index contributed by atoms with van der Waals surface area (Å²) in [5.41, 5.74) is 0. The average Bonchev–Trinajstić information content (AvgIpc) is 2.65. The monoisotopic (exact) mass is 212 g/mol. The van der Waals surface area contributed by atoms with Gasteiger partial charge in [-0.1, -0.05) is 0 Å². The van der Waals surface area contributed by atoms with Gasteiger partial charge in [0, 0.05) is 18.6 Å². The summed E-state index contributed by atoms with van der Waals surface area (Å²) in [4.78, 5) is 4.86. The number of hydrogen-bond donors (Lipinski definition) is 1. The van der Waals surface area contributed by atoms with Gasteiger partial charge < -0.3 is 10.0 Å². The third kappa shape index (κ3) is 2.52. The Kier molecular flexibility index (Phi) is 3.65. The second-order valence-electron chi connectivity index (χ2n) is 5.22. The molecule has 0 aliphatic carbocycles. The molecule has 0 radical (unpaired) electrons. The first-order valence-electron chi connectivity index (χ1n) is 6.36. The zero-order chi connectivity index (χ0) is 10.8. The van der Waals surface area contributed by atoms with Crippen LogP contribution in [0.5, 0.6) is 0 Å². The van der Waals surface area contributed by atoms with Crippen LogP contribution >= 0.6 is 0 Å². The number of nitrogens with zero attached hydrogens (tertiary/aromatic N) is 2. The Morgan fingerprint density at radius 2 is 1.73 bits per heavy atom. The van der Waals surface area contributed by atoms with Gasteiger partial charge >= 0.3 is 0 Å². The highest BCUT2D eigenvalue weighted by atomic mass is 16.3. The predicted octanol–water partition coefficient (Wildman–Crippen LogP) is 1.27. The molecular weight excluding hydrogens is 188 g/mol. The summed E-state index contributed by atoms with van der Waals surface area (Å²) in [5.74, 6) is 0. The van der Waals surface area contributed by atoms with Crippen LogP contribution < -0.4 is 0 Å². The molecule has 0 spiro atoms. The van der Waals surface area contributed by atoms with E-state index in [1.54, 1.807) is 0 Å². The Hall–Kier alpha value is -0.120. The fourth-order valence-corrected chi connectivity index (χ4v) is 2.93. The van der Waals surface area contributed by atoms with Gasteiger partial charge in [0.25, 0.3) is 0 Å². The van der Waals surface area contributed by atoms with Crippen LogP contribution in [0.3, 0.4) is 0 Å². The average molecular weight is 212 g/mol.